The molecule has 1 saturated heterocycles. The molecule has 1 aliphatic rings. The van der Waals surface area contributed by atoms with Gasteiger partial charge in [0.15, 0.2) is 5.76 Å². The largest absolute Gasteiger partial charge is 0.459 e. The first-order valence-corrected chi connectivity index (χ1v) is 9.70. The predicted octanol–water partition coefficient (Wildman–Crippen LogP) is 3.68. The third-order valence-electron chi connectivity index (χ3n) is 4.32. The van der Waals surface area contributed by atoms with Crippen molar-refractivity contribution < 1.29 is 18.7 Å². The molecule has 0 radical (unpaired) electrons. The monoisotopic (exact) mass is 397 g/mol. The first-order valence-electron chi connectivity index (χ1n) is 8.88. The number of anilines is 3. The number of benzene rings is 1. The van der Waals surface area contributed by atoms with Gasteiger partial charge in [0.2, 0.25) is 0 Å². The van der Waals surface area contributed by atoms with Gasteiger partial charge in [-0.25, -0.2) is 0 Å². The molecule has 28 heavy (non-hydrogen) atoms. The van der Waals surface area contributed by atoms with Gasteiger partial charge < -0.3 is 24.7 Å². The maximum Gasteiger partial charge on any atom is 0.291 e. The Morgan fingerprint density at radius 1 is 0.929 bits per heavy atom. The fourth-order valence-corrected chi connectivity index (χ4v) is 3.75. The van der Waals surface area contributed by atoms with Crippen molar-refractivity contribution >= 4 is 39.5 Å². The lowest BCUT2D eigenvalue weighted by atomic mass is 10.2. The summed E-state index contributed by atoms with van der Waals surface area (Å²) < 4.78 is 10.5. The minimum absolute atomic E-state index is 0.218. The number of para-hydroxylation sites is 2. The van der Waals surface area contributed by atoms with Crippen LogP contribution >= 0.6 is 11.3 Å². The maximum atomic E-state index is 12.7. The number of amides is 2. The van der Waals surface area contributed by atoms with Crippen molar-refractivity contribution in [3.05, 3.63) is 65.4 Å². The molecule has 8 heteroatoms. The summed E-state index contributed by atoms with van der Waals surface area (Å²) in [6, 6.07) is 14.3. The van der Waals surface area contributed by atoms with Gasteiger partial charge >= 0.3 is 0 Å². The number of nitrogens with one attached hydrogen (secondary N) is 2. The van der Waals surface area contributed by atoms with E-state index in [9.17, 15) is 9.59 Å². The molecule has 7 nitrogen and oxygen atoms in total. The number of carbonyl (C=O) groups excluding carboxylic acids is 2. The molecule has 1 fully saturated rings. The first kappa shape index (κ1) is 18.3. The highest BCUT2D eigenvalue weighted by atomic mass is 32.1. The predicted molar refractivity (Wildman–Crippen MR) is 108 cm³/mol. The zero-order valence-electron chi connectivity index (χ0n) is 15.0. The second kappa shape index (κ2) is 8.28. The summed E-state index contributed by atoms with van der Waals surface area (Å²) in [5, 5.41) is 6.28. The number of hydrogen-bond acceptors (Lipinski definition) is 6. The van der Waals surface area contributed by atoms with Crippen LogP contribution in [0.2, 0.25) is 0 Å². The van der Waals surface area contributed by atoms with E-state index in [1.54, 1.807) is 24.3 Å². The third-order valence-corrected chi connectivity index (χ3v) is 5.31. The average Bonchev–Trinajstić information content (AvgIpc) is 3.41. The Bertz CT molecular complexity index is 962. The van der Waals surface area contributed by atoms with Crippen LogP contribution in [0.4, 0.5) is 16.4 Å². The van der Waals surface area contributed by atoms with Crippen molar-refractivity contribution in [2.45, 2.75) is 0 Å². The van der Waals surface area contributed by atoms with Crippen LogP contribution in [-0.2, 0) is 4.74 Å². The van der Waals surface area contributed by atoms with E-state index in [0.29, 0.717) is 23.1 Å². The highest BCUT2D eigenvalue weighted by Crippen LogP contribution is 2.28. The molecule has 0 spiro atoms. The minimum atomic E-state index is -0.350. The van der Waals surface area contributed by atoms with Crippen LogP contribution in [-0.4, -0.2) is 38.1 Å². The Kier molecular flexibility index (Phi) is 5.41. The van der Waals surface area contributed by atoms with Gasteiger partial charge in [0, 0.05) is 13.1 Å². The average molecular weight is 397 g/mol. The van der Waals surface area contributed by atoms with Gasteiger partial charge in [-0.1, -0.05) is 12.1 Å². The number of furan rings is 1. The summed E-state index contributed by atoms with van der Waals surface area (Å²) in [5.74, 6) is -0.348. The minimum Gasteiger partial charge on any atom is -0.459 e. The molecule has 144 valence electrons. The van der Waals surface area contributed by atoms with Crippen molar-refractivity contribution in [2.75, 3.05) is 41.8 Å². The van der Waals surface area contributed by atoms with Crippen molar-refractivity contribution in [3.8, 4) is 0 Å². The van der Waals surface area contributed by atoms with Crippen LogP contribution in [0.15, 0.2) is 59.2 Å². The van der Waals surface area contributed by atoms with E-state index in [2.05, 4.69) is 15.5 Å². The highest BCUT2D eigenvalue weighted by molar-refractivity contribution is 7.18. The maximum absolute atomic E-state index is 12.7. The number of nitrogens with zero attached hydrogens (tertiary/aromatic N) is 1. The lowest BCUT2D eigenvalue weighted by Gasteiger charge is -2.30. The number of ether oxygens (including phenoxy) is 1. The van der Waals surface area contributed by atoms with E-state index in [0.717, 1.165) is 24.5 Å². The highest BCUT2D eigenvalue weighted by Gasteiger charge is 2.18. The van der Waals surface area contributed by atoms with E-state index in [4.69, 9.17) is 9.15 Å². The molecule has 2 N–H and O–H groups in total. The Labute approximate surface area is 165 Å². The van der Waals surface area contributed by atoms with Crippen LogP contribution in [0.1, 0.15) is 20.2 Å². The standard InChI is InChI=1S/C20H19N3O4S/c24-19(16-6-3-11-27-16)22-18-8-7-17(28-18)20(25)21-14-4-1-2-5-15(14)23-9-12-26-13-10-23/h1-8,11H,9-10,12-13H2,(H,21,25)(H,22,24). The first-order chi connectivity index (χ1) is 13.7. The second-order valence-corrected chi connectivity index (χ2v) is 7.25. The number of carbonyl (C=O) groups is 2. The molecule has 0 unspecified atom stereocenters. The summed E-state index contributed by atoms with van der Waals surface area (Å²) in [6.07, 6.45) is 1.44. The van der Waals surface area contributed by atoms with Crippen LogP contribution in [0.25, 0.3) is 0 Å². The fourth-order valence-electron chi connectivity index (χ4n) is 2.95. The summed E-state index contributed by atoms with van der Waals surface area (Å²) in [4.78, 5) is 27.5. The van der Waals surface area contributed by atoms with E-state index in [-0.39, 0.29) is 17.6 Å². The molecular weight excluding hydrogens is 378 g/mol. The smallest absolute Gasteiger partial charge is 0.291 e. The quantitative estimate of drug-likeness (QED) is 0.686. The topological polar surface area (TPSA) is 83.8 Å². The molecule has 0 saturated carbocycles. The van der Waals surface area contributed by atoms with Crippen LogP contribution in [0.3, 0.4) is 0 Å². The van der Waals surface area contributed by atoms with Gasteiger partial charge in [-0.3, -0.25) is 9.59 Å². The molecule has 0 aliphatic carbocycles. The third kappa shape index (κ3) is 4.08. The molecule has 1 aliphatic heterocycles. The number of morpholine rings is 1. The number of hydrogen-bond donors (Lipinski definition) is 2. The molecule has 1 aromatic carbocycles. The summed E-state index contributed by atoms with van der Waals surface area (Å²) >= 11 is 1.21. The molecule has 3 heterocycles. The SMILES string of the molecule is O=C(Nc1ccc(C(=O)Nc2ccccc2N2CCOCC2)s1)c1ccco1. The Balaban J connectivity index is 1.45. The van der Waals surface area contributed by atoms with E-state index in [1.807, 2.05) is 24.3 Å². The molecule has 2 amide bonds. The lowest BCUT2D eigenvalue weighted by molar-refractivity contribution is 0.0995. The lowest BCUT2D eigenvalue weighted by Crippen LogP contribution is -2.36. The van der Waals surface area contributed by atoms with E-state index in [1.165, 1.54) is 17.6 Å². The second-order valence-electron chi connectivity index (χ2n) is 6.17. The summed E-state index contributed by atoms with van der Waals surface area (Å²) in [7, 11) is 0. The summed E-state index contributed by atoms with van der Waals surface area (Å²) in [5.41, 5.74) is 1.73. The Morgan fingerprint density at radius 3 is 2.54 bits per heavy atom. The normalized spacial score (nSPS) is 13.9. The van der Waals surface area contributed by atoms with Crippen LogP contribution < -0.4 is 15.5 Å². The van der Waals surface area contributed by atoms with Crippen molar-refractivity contribution in [3.63, 3.8) is 0 Å². The Hall–Kier alpha value is -3.10. The van der Waals surface area contributed by atoms with E-state index < -0.39 is 0 Å². The van der Waals surface area contributed by atoms with Gasteiger partial charge in [0.25, 0.3) is 11.8 Å². The van der Waals surface area contributed by atoms with Gasteiger partial charge in [-0.05, 0) is 36.4 Å². The zero-order chi connectivity index (χ0) is 19.3. The molecule has 0 bridgehead atoms. The summed E-state index contributed by atoms with van der Waals surface area (Å²) in [6.45, 7) is 2.92. The number of thiophene rings is 1. The molecule has 3 aromatic rings. The van der Waals surface area contributed by atoms with Crippen LogP contribution in [0.5, 0.6) is 0 Å². The van der Waals surface area contributed by atoms with Gasteiger partial charge in [-0.2, -0.15) is 0 Å². The Morgan fingerprint density at radius 2 is 1.75 bits per heavy atom. The molecule has 2 aromatic heterocycles. The van der Waals surface area contributed by atoms with E-state index >= 15 is 0 Å². The zero-order valence-corrected chi connectivity index (χ0v) is 15.8. The molecular formula is C20H19N3O4S. The van der Waals surface area contributed by atoms with Gasteiger partial charge in [0.05, 0.1) is 40.7 Å². The van der Waals surface area contributed by atoms with Gasteiger partial charge in [0.1, 0.15) is 0 Å². The molecule has 0 atom stereocenters. The van der Waals surface area contributed by atoms with Crippen molar-refractivity contribution in [1.82, 2.24) is 0 Å². The van der Waals surface area contributed by atoms with Crippen LogP contribution in [0, 0.1) is 0 Å². The van der Waals surface area contributed by atoms with Crippen molar-refractivity contribution in [1.29, 1.82) is 0 Å². The molecule has 4 rings (SSSR count). The van der Waals surface area contributed by atoms with Crippen molar-refractivity contribution in [2.24, 2.45) is 0 Å². The van der Waals surface area contributed by atoms with Gasteiger partial charge in [-0.15, -0.1) is 11.3 Å². The fraction of sp³-hybridized carbons (Fsp3) is 0.200. The number of rotatable bonds is 5.